The van der Waals surface area contributed by atoms with E-state index in [1.807, 2.05) is 6.07 Å². The van der Waals surface area contributed by atoms with Crippen LogP contribution in [0.15, 0.2) is 12.5 Å². The van der Waals surface area contributed by atoms with Gasteiger partial charge in [-0.1, -0.05) is 0 Å². The Morgan fingerprint density at radius 2 is 2.35 bits per heavy atom. The lowest BCUT2D eigenvalue weighted by atomic mass is 10.2. The van der Waals surface area contributed by atoms with Gasteiger partial charge in [-0.3, -0.25) is 0 Å². The summed E-state index contributed by atoms with van der Waals surface area (Å²) in [6.07, 6.45) is 2.94. The van der Waals surface area contributed by atoms with Crippen molar-refractivity contribution in [1.82, 2.24) is 14.5 Å². The largest absolute Gasteiger partial charge is 0.394 e. The van der Waals surface area contributed by atoms with Gasteiger partial charge in [-0.05, 0) is 0 Å². The van der Waals surface area contributed by atoms with Crippen molar-refractivity contribution in [1.29, 1.82) is 5.26 Å². The van der Waals surface area contributed by atoms with Crippen molar-refractivity contribution in [2.45, 2.75) is 6.73 Å². The predicted octanol–water partition coefficient (Wildman–Crippen LogP) is -0.148. The van der Waals surface area contributed by atoms with E-state index in [2.05, 4.69) is 9.97 Å². The number of aromatic nitrogens is 3. The van der Waals surface area contributed by atoms with E-state index >= 15 is 0 Å². The Kier molecular flexibility index (Phi) is 3.18. The molecule has 0 aliphatic carbocycles. The fraction of sp³-hybridized carbons (Fsp3) is 0.300. The normalized spacial score (nSPS) is 10.6. The number of ether oxygens (including phenoxy) is 1. The molecule has 7 heteroatoms. The average molecular weight is 233 g/mol. The minimum Gasteiger partial charge on any atom is -0.394 e. The van der Waals surface area contributed by atoms with Crippen molar-refractivity contribution in [3.8, 4) is 6.07 Å². The van der Waals surface area contributed by atoms with Crippen molar-refractivity contribution >= 4 is 16.9 Å². The Hall–Kier alpha value is -2.17. The molecule has 17 heavy (non-hydrogen) atoms. The van der Waals surface area contributed by atoms with Crippen LogP contribution in [0.1, 0.15) is 5.56 Å². The number of aliphatic hydroxyl groups is 1. The number of anilines is 1. The molecule has 0 aromatic carbocycles. The summed E-state index contributed by atoms with van der Waals surface area (Å²) >= 11 is 0. The van der Waals surface area contributed by atoms with Gasteiger partial charge in [0.1, 0.15) is 30.6 Å². The highest BCUT2D eigenvalue weighted by molar-refractivity contribution is 5.91. The van der Waals surface area contributed by atoms with E-state index in [-0.39, 0.29) is 25.8 Å². The maximum absolute atomic E-state index is 8.99. The van der Waals surface area contributed by atoms with Crippen LogP contribution in [-0.2, 0) is 11.5 Å². The van der Waals surface area contributed by atoms with Crippen molar-refractivity contribution in [3.63, 3.8) is 0 Å². The number of hydrogen-bond acceptors (Lipinski definition) is 6. The van der Waals surface area contributed by atoms with Gasteiger partial charge in [0.15, 0.2) is 0 Å². The van der Waals surface area contributed by atoms with Gasteiger partial charge in [0.2, 0.25) is 0 Å². The lowest BCUT2D eigenvalue weighted by Crippen LogP contribution is -2.05. The van der Waals surface area contributed by atoms with Crippen LogP contribution in [0.25, 0.3) is 11.0 Å². The molecule has 2 rings (SSSR count). The van der Waals surface area contributed by atoms with E-state index in [0.29, 0.717) is 16.6 Å². The lowest BCUT2D eigenvalue weighted by Gasteiger charge is -2.04. The monoisotopic (exact) mass is 233 g/mol. The topological polar surface area (TPSA) is 110 Å². The third-order valence-corrected chi connectivity index (χ3v) is 2.27. The first-order valence-corrected chi connectivity index (χ1v) is 4.96. The van der Waals surface area contributed by atoms with Crippen LogP contribution in [0.3, 0.4) is 0 Å². The molecule has 0 amide bonds. The molecule has 0 saturated carbocycles. The molecule has 88 valence electrons. The third kappa shape index (κ3) is 2.04. The number of aliphatic hydroxyl groups excluding tert-OH is 1. The molecule has 0 atom stereocenters. The van der Waals surface area contributed by atoms with Gasteiger partial charge >= 0.3 is 0 Å². The molecule has 0 saturated heterocycles. The summed E-state index contributed by atoms with van der Waals surface area (Å²) in [6, 6.07) is 2.04. The number of nitriles is 1. The second-order valence-electron chi connectivity index (χ2n) is 3.34. The standard InChI is InChI=1S/C10H11N5O2/c11-3-7-4-15(6-17-2-1-16)10-8(7)9(12)13-5-14-10/h4-5,16H,1-2,6H2,(H2,12,13,14). The summed E-state index contributed by atoms with van der Waals surface area (Å²) < 4.78 is 6.83. The van der Waals surface area contributed by atoms with Gasteiger partial charge < -0.3 is 20.1 Å². The molecule has 7 nitrogen and oxygen atoms in total. The van der Waals surface area contributed by atoms with E-state index in [1.54, 1.807) is 10.8 Å². The van der Waals surface area contributed by atoms with Crippen molar-refractivity contribution in [2.24, 2.45) is 0 Å². The minimum atomic E-state index is -0.0541. The molecular weight excluding hydrogens is 222 g/mol. The Balaban J connectivity index is 2.44. The molecule has 0 fully saturated rings. The Morgan fingerprint density at radius 3 is 3.06 bits per heavy atom. The second-order valence-corrected chi connectivity index (χ2v) is 3.34. The molecule has 0 unspecified atom stereocenters. The van der Waals surface area contributed by atoms with E-state index in [9.17, 15) is 0 Å². The number of nitrogens with two attached hydrogens (primary N) is 1. The molecular formula is C10H11N5O2. The van der Waals surface area contributed by atoms with Gasteiger partial charge in [0.05, 0.1) is 24.2 Å². The number of nitrogen functional groups attached to an aromatic ring is 1. The second kappa shape index (κ2) is 4.78. The molecule has 2 aromatic rings. The highest BCUT2D eigenvalue weighted by Crippen LogP contribution is 2.22. The van der Waals surface area contributed by atoms with Crippen LogP contribution < -0.4 is 5.73 Å². The van der Waals surface area contributed by atoms with E-state index in [0.717, 1.165) is 0 Å². The van der Waals surface area contributed by atoms with E-state index in [1.165, 1.54) is 6.33 Å². The SMILES string of the molecule is N#Cc1cn(COCCO)c2ncnc(N)c12. The molecule has 0 radical (unpaired) electrons. The zero-order valence-corrected chi connectivity index (χ0v) is 9.00. The Labute approximate surface area is 97.1 Å². The van der Waals surface area contributed by atoms with Gasteiger partial charge in [-0.25, -0.2) is 9.97 Å². The van der Waals surface area contributed by atoms with Gasteiger partial charge in [-0.2, -0.15) is 5.26 Å². The summed E-state index contributed by atoms with van der Waals surface area (Å²) in [4.78, 5) is 7.91. The van der Waals surface area contributed by atoms with Crippen LogP contribution in [0, 0.1) is 11.3 Å². The van der Waals surface area contributed by atoms with Gasteiger partial charge in [0, 0.05) is 6.20 Å². The van der Waals surface area contributed by atoms with Gasteiger partial charge in [0.25, 0.3) is 0 Å². The Bertz CT molecular complexity index is 572. The predicted molar refractivity (Wildman–Crippen MR) is 59.7 cm³/mol. The number of nitrogens with zero attached hydrogens (tertiary/aromatic N) is 4. The molecule has 0 spiro atoms. The highest BCUT2D eigenvalue weighted by atomic mass is 16.5. The summed E-state index contributed by atoms with van der Waals surface area (Å²) in [5.74, 6) is 0.271. The zero-order chi connectivity index (χ0) is 12.3. The summed E-state index contributed by atoms with van der Waals surface area (Å²) in [5, 5.41) is 18.1. The number of rotatable bonds is 4. The molecule has 0 aliphatic heterocycles. The summed E-state index contributed by atoms with van der Waals surface area (Å²) in [5.41, 5.74) is 6.66. The molecule has 3 N–H and O–H groups in total. The first kappa shape index (κ1) is 11.3. The number of hydrogen-bond donors (Lipinski definition) is 2. The Morgan fingerprint density at radius 1 is 1.53 bits per heavy atom. The first-order valence-electron chi connectivity index (χ1n) is 4.96. The summed E-state index contributed by atoms with van der Waals surface area (Å²) in [7, 11) is 0. The number of fused-ring (bicyclic) bond motifs is 1. The van der Waals surface area contributed by atoms with E-state index in [4.69, 9.17) is 20.8 Å². The molecule has 0 aliphatic rings. The maximum Gasteiger partial charge on any atom is 0.148 e. The quantitative estimate of drug-likeness (QED) is 0.711. The first-order chi connectivity index (χ1) is 8.27. The minimum absolute atomic E-state index is 0.0541. The van der Waals surface area contributed by atoms with Crippen molar-refractivity contribution in [2.75, 3.05) is 18.9 Å². The van der Waals surface area contributed by atoms with Crippen LogP contribution in [0.4, 0.5) is 5.82 Å². The fourth-order valence-corrected chi connectivity index (χ4v) is 1.56. The van der Waals surface area contributed by atoms with E-state index < -0.39 is 0 Å². The van der Waals surface area contributed by atoms with Gasteiger partial charge in [-0.15, -0.1) is 0 Å². The van der Waals surface area contributed by atoms with Crippen molar-refractivity contribution in [3.05, 3.63) is 18.1 Å². The van der Waals surface area contributed by atoms with Crippen LogP contribution in [-0.4, -0.2) is 32.9 Å². The third-order valence-electron chi connectivity index (χ3n) is 2.27. The van der Waals surface area contributed by atoms with Crippen LogP contribution in [0.5, 0.6) is 0 Å². The molecule has 2 heterocycles. The summed E-state index contributed by atoms with van der Waals surface area (Å²) in [6.45, 7) is 0.374. The lowest BCUT2D eigenvalue weighted by molar-refractivity contribution is 0.0501. The zero-order valence-electron chi connectivity index (χ0n) is 9.00. The average Bonchev–Trinajstić information content (AvgIpc) is 2.70. The highest BCUT2D eigenvalue weighted by Gasteiger charge is 2.12. The van der Waals surface area contributed by atoms with Crippen LogP contribution >= 0.6 is 0 Å². The molecule has 0 bridgehead atoms. The fourth-order valence-electron chi connectivity index (χ4n) is 1.56. The maximum atomic E-state index is 8.99. The smallest absolute Gasteiger partial charge is 0.148 e. The van der Waals surface area contributed by atoms with Crippen LogP contribution in [0.2, 0.25) is 0 Å². The molecule has 2 aromatic heterocycles. The van der Waals surface area contributed by atoms with Crippen molar-refractivity contribution < 1.29 is 9.84 Å².